The van der Waals surface area contributed by atoms with Crippen molar-refractivity contribution in [2.45, 2.75) is 19.9 Å². The van der Waals surface area contributed by atoms with E-state index < -0.39 is 11.9 Å². The topological polar surface area (TPSA) is 94.5 Å². The van der Waals surface area contributed by atoms with Crippen molar-refractivity contribution in [2.24, 2.45) is 0 Å². The molecule has 7 heteroatoms. The molecule has 2 rings (SSSR count). The van der Waals surface area contributed by atoms with E-state index in [9.17, 15) is 9.59 Å². The zero-order chi connectivity index (χ0) is 17.0. The van der Waals surface area contributed by atoms with Gasteiger partial charge in [-0.1, -0.05) is 0 Å². The van der Waals surface area contributed by atoms with Gasteiger partial charge in [-0.2, -0.15) is 5.26 Å². The van der Waals surface area contributed by atoms with Gasteiger partial charge in [-0.05, 0) is 43.7 Å². The number of hydrazine groups is 1. The van der Waals surface area contributed by atoms with Crippen molar-refractivity contribution < 1.29 is 14.3 Å². The van der Waals surface area contributed by atoms with Gasteiger partial charge >= 0.3 is 0 Å². The SMILES string of the molecule is CCN1C(=O)C(C#N)=C(C)C(NNc2ccc(OC)cc2)C1=O. The molecular weight excluding hydrogens is 296 g/mol. The molecular formula is C16H18N4O3. The smallest absolute Gasteiger partial charge is 0.271 e. The monoisotopic (exact) mass is 314 g/mol. The minimum absolute atomic E-state index is 0.000445. The third-order valence-electron chi connectivity index (χ3n) is 3.68. The predicted molar refractivity (Wildman–Crippen MR) is 84.2 cm³/mol. The number of ether oxygens (including phenoxy) is 1. The average molecular weight is 314 g/mol. The van der Waals surface area contributed by atoms with Crippen LogP contribution in [0.4, 0.5) is 5.69 Å². The van der Waals surface area contributed by atoms with E-state index in [1.54, 1.807) is 45.2 Å². The van der Waals surface area contributed by atoms with Gasteiger partial charge in [-0.25, -0.2) is 5.43 Å². The number of hydrogen-bond donors (Lipinski definition) is 2. The summed E-state index contributed by atoms with van der Waals surface area (Å²) in [4.78, 5) is 25.5. The van der Waals surface area contributed by atoms with Crippen LogP contribution in [0.15, 0.2) is 35.4 Å². The zero-order valence-corrected chi connectivity index (χ0v) is 13.2. The van der Waals surface area contributed by atoms with Crippen LogP contribution < -0.4 is 15.6 Å². The maximum absolute atomic E-state index is 12.4. The van der Waals surface area contributed by atoms with Gasteiger partial charge in [0.05, 0.1) is 7.11 Å². The average Bonchev–Trinajstić information content (AvgIpc) is 2.56. The summed E-state index contributed by atoms with van der Waals surface area (Å²) in [6.45, 7) is 3.52. The van der Waals surface area contributed by atoms with E-state index in [2.05, 4.69) is 10.9 Å². The summed E-state index contributed by atoms with van der Waals surface area (Å²) >= 11 is 0. The summed E-state index contributed by atoms with van der Waals surface area (Å²) in [5.74, 6) is -0.204. The maximum atomic E-state index is 12.4. The molecule has 1 aliphatic heterocycles. The largest absolute Gasteiger partial charge is 0.497 e. The van der Waals surface area contributed by atoms with E-state index in [1.165, 1.54) is 0 Å². The Labute approximate surface area is 134 Å². The van der Waals surface area contributed by atoms with Gasteiger partial charge in [-0.15, -0.1) is 0 Å². The van der Waals surface area contributed by atoms with E-state index in [0.717, 1.165) is 16.3 Å². The number of carbonyl (C=O) groups is 2. The molecule has 1 aliphatic rings. The fraction of sp³-hybridized carbons (Fsp3) is 0.312. The third-order valence-corrected chi connectivity index (χ3v) is 3.68. The van der Waals surface area contributed by atoms with E-state index in [0.29, 0.717) is 5.57 Å². The number of rotatable bonds is 5. The molecule has 23 heavy (non-hydrogen) atoms. The van der Waals surface area contributed by atoms with Crippen molar-refractivity contribution in [3.63, 3.8) is 0 Å². The summed E-state index contributed by atoms with van der Waals surface area (Å²) < 4.78 is 5.08. The first-order chi connectivity index (χ1) is 11.0. The number of methoxy groups -OCH3 is 1. The maximum Gasteiger partial charge on any atom is 0.271 e. The Balaban J connectivity index is 2.19. The minimum atomic E-state index is -0.774. The number of benzene rings is 1. The molecule has 2 N–H and O–H groups in total. The van der Waals surface area contributed by atoms with Gasteiger partial charge < -0.3 is 10.2 Å². The van der Waals surface area contributed by atoms with Crippen LogP contribution in [-0.2, 0) is 9.59 Å². The first kappa shape index (κ1) is 16.5. The number of hydrogen-bond acceptors (Lipinski definition) is 6. The lowest BCUT2D eigenvalue weighted by Crippen LogP contribution is -2.55. The molecule has 0 saturated carbocycles. The van der Waals surface area contributed by atoms with Gasteiger partial charge in [-0.3, -0.25) is 14.5 Å². The molecule has 0 spiro atoms. The Hall–Kier alpha value is -2.85. The van der Waals surface area contributed by atoms with E-state index in [1.807, 2.05) is 6.07 Å². The molecule has 0 fully saturated rings. The lowest BCUT2D eigenvalue weighted by Gasteiger charge is -2.31. The Morgan fingerprint density at radius 2 is 1.96 bits per heavy atom. The number of nitriles is 1. The highest BCUT2D eigenvalue weighted by Gasteiger charge is 2.38. The van der Waals surface area contributed by atoms with Crippen LogP contribution in [0.1, 0.15) is 13.8 Å². The quantitative estimate of drug-likeness (QED) is 0.626. The molecule has 1 aromatic rings. The zero-order valence-electron chi connectivity index (χ0n) is 13.2. The standard InChI is InChI=1S/C16H18N4O3/c1-4-20-15(21)13(9-17)10(2)14(16(20)22)19-18-11-5-7-12(23-3)8-6-11/h5-8,14,18-19H,4H2,1-3H3. The van der Waals surface area contributed by atoms with Gasteiger partial charge in [0.1, 0.15) is 23.4 Å². The molecule has 7 nitrogen and oxygen atoms in total. The fourth-order valence-electron chi connectivity index (χ4n) is 2.32. The van der Waals surface area contributed by atoms with E-state index >= 15 is 0 Å². The molecule has 2 amide bonds. The molecule has 0 saturated heterocycles. The summed E-state index contributed by atoms with van der Waals surface area (Å²) in [6, 6.07) is 8.23. The molecule has 1 aromatic carbocycles. The van der Waals surface area contributed by atoms with Crippen molar-refractivity contribution in [3.8, 4) is 11.8 Å². The van der Waals surface area contributed by atoms with E-state index in [-0.39, 0.29) is 18.0 Å². The fourth-order valence-corrected chi connectivity index (χ4v) is 2.32. The molecule has 0 aliphatic carbocycles. The number of carbonyl (C=O) groups excluding carboxylic acids is 2. The third kappa shape index (κ3) is 3.17. The molecule has 1 atom stereocenters. The Morgan fingerprint density at radius 3 is 2.48 bits per heavy atom. The van der Waals surface area contributed by atoms with Crippen LogP contribution in [0.2, 0.25) is 0 Å². The summed E-state index contributed by atoms with van der Waals surface area (Å²) in [5.41, 5.74) is 6.94. The molecule has 0 aromatic heterocycles. The Morgan fingerprint density at radius 1 is 1.30 bits per heavy atom. The second-order valence-electron chi connectivity index (χ2n) is 4.99. The predicted octanol–water partition coefficient (Wildman–Crippen LogP) is 1.21. The second-order valence-corrected chi connectivity index (χ2v) is 4.99. The summed E-state index contributed by atoms with van der Waals surface area (Å²) in [5, 5.41) is 9.16. The van der Waals surface area contributed by atoms with Crippen LogP contribution in [0.5, 0.6) is 5.75 Å². The Bertz CT molecular complexity index is 688. The second kappa shape index (κ2) is 6.94. The number of amides is 2. The Kier molecular flexibility index (Phi) is 4.98. The van der Waals surface area contributed by atoms with Crippen molar-refractivity contribution in [3.05, 3.63) is 35.4 Å². The number of imide groups is 1. The van der Waals surface area contributed by atoms with Crippen molar-refractivity contribution in [1.82, 2.24) is 10.3 Å². The number of nitrogens with one attached hydrogen (secondary N) is 2. The van der Waals surface area contributed by atoms with Crippen LogP contribution in [0.25, 0.3) is 0 Å². The van der Waals surface area contributed by atoms with Crippen LogP contribution in [-0.4, -0.2) is 36.4 Å². The lowest BCUT2D eigenvalue weighted by molar-refractivity contribution is -0.144. The van der Waals surface area contributed by atoms with E-state index in [4.69, 9.17) is 10.00 Å². The van der Waals surface area contributed by atoms with Crippen LogP contribution in [0.3, 0.4) is 0 Å². The molecule has 0 bridgehead atoms. The molecule has 0 radical (unpaired) electrons. The van der Waals surface area contributed by atoms with Crippen LogP contribution >= 0.6 is 0 Å². The number of anilines is 1. The number of likely N-dealkylation sites (N-methyl/N-ethyl adjacent to an activating group) is 1. The van der Waals surface area contributed by atoms with Gasteiger partial charge in [0.15, 0.2) is 0 Å². The first-order valence-electron chi connectivity index (χ1n) is 7.15. The van der Waals surface area contributed by atoms with Crippen molar-refractivity contribution in [1.29, 1.82) is 5.26 Å². The normalized spacial score (nSPS) is 18.0. The van der Waals surface area contributed by atoms with Gasteiger partial charge in [0.2, 0.25) is 0 Å². The number of nitrogens with zero attached hydrogens (tertiary/aromatic N) is 2. The highest BCUT2D eigenvalue weighted by molar-refractivity contribution is 6.12. The summed E-state index contributed by atoms with van der Waals surface area (Å²) in [7, 11) is 1.58. The molecule has 120 valence electrons. The minimum Gasteiger partial charge on any atom is -0.497 e. The first-order valence-corrected chi connectivity index (χ1v) is 7.15. The van der Waals surface area contributed by atoms with Gasteiger partial charge in [0.25, 0.3) is 11.8 Å². The summed E-state index contributed by atoms with van der Waals surface area (Å²) in [6.07, 6.45) is 0. The van der Waals surface area contributed by atoms with Gasteiger partial charge in [0, 0.05) is 12.2 Å². The lowest BCUT2D eigenvalue weighted by atomic mass is 9.96. The molecule has 1 heterocycles. The molecule has 1 unspecified atom stereocenters. The van der Waals surface area contributed by atoms with Crippen molar-refractivity contribution >= 4 is 17.5 Å². The highest BCUT2D eigenvalue weighted by Crippen LogP contribution is 2.21. The van der Waals surface area contributed by atoms with Crippen molar-refractivity contribution in [2.75, 3.05) is 19.1 Å². The van der Waals surface area contributed by atoms with Crippen LogP contribution in [0, 0.1) is 11.3 Å². The highest BCUT2D eigenvalue weighted by atomic mass is 16.5.